The molecule has 0 bridgehead atoms. The smallest absolute Gasteiger partial charge is 0.255 e. The van der Waals surface area contributed by atoms with E-state index in [0.717, 1.165) is 11.4 Å². The van der Waals surface area contributed by atoms with Crippen LogP contribution in [0.4, 0.5) is 0 Å². The predicted octanol–water partition coefficient (Wildman–Crippen LogP) is 2.63. The molecule has 2 rings (SSSR count). The van der Waals surface area contributed by atoms with Crippen LogP contribution in [0.15, 0.2) is 30.3 Å². The lowest BCUT2D eigenvalue weighted by Crippen LogP contribution is -2.39. The molecule has 0 aliphatic heterocycles. The first-order chi connectivity index (χ1) is 10.7. The molecule has 0 saturated carbocycles. The van der Waals surface area contributed by atoms with Gasteiger partial charge in [-0.2, -0.15) is 5.10 Å². The van der Waals surface area contributed by atoms with Crippen molar-refractivity contribution in [2.75, 3.05) is 6.54 Å². The zero-order valence-corrected chi connectivity index (χ0v) is 14.4. The van der Waals surface area contributed by atoms with Crippen molar-refractivity contribution in [1.82, 2.24) is 15.1 Å². The fourth-order valence-electron chi connectivity index (χ4n) is 2.38. The lowest BCUT2D eigenvalue weighted by molar-refractivity contribution is 0.0586. The molecule has 0 radical (unpaired) electrons. The van der Waals surface area contributed by atoms with Gasteiger partial charge in [0, 0.05) is 6.54 Å². The number of carbonyl (C=O) groups excluding carboxylic acids is 1. The van der Waals surface area contributed by atoms with E-state index in [1.807, 2.05) is 65.0 Å². The lowest BCUT2D eigenvalue weighted by atomic mass is 9.89. The molecule has 0 saturated heterocycles. The first-order valence-corrected chi connectivity index (χ1v) is 7.79. The molecule has 1 aromatic heterocycles. The molecule has 5 nitrogen and oxygen atoms in total. The van der Waals surface area contributed by atoms with Crippen LogP contribution in [0.5, 0.6) is 0 Å². The lowest BCUT2D eigenvalue weighted by Gasteiger charge is -2.25. The van der Waals surface area contributed by atoms with Crippen LogP contribution in [-0.2, 0) is 0 Å². The van der Waals surface area contributed by atoms with Crippen molar-refractivity contribution in [3.05, 3.63) is 47.3 Å². The zero-order chi connectivity index (χ0) is 17.2. The minimum Gasteiger partial charge on any atom is -0.391 e. The molecule has 5 heteroatoms. The van der Waals surface area contributed by atoms with E-state index in [9.17, 15) is 9.90 Å². The van der Waals surface area contributed by atoms with Crippen LogP contribution >= 0.6 is 0 Å². The fraction of sp³-hybridized carbons (Fsp3) is 0.444. The van der Waals surface area contributed by atoms with Gasteiger partial charge in [-0.25, -0.2) is 4.68 Å². The molecule has 1 unspecified atom stereocenters. The van der Waals surface area contributed by atoms with Gasteiger partial charge in [-0.1, -0.05) is 39.0 Å². The predicted molar refractivity (Wildman–Crippen MR) is 90.8 cm³/mol. The van der Waals surface area contributed by atoms with Gasteiger partial charge in [0.2, 0.25) is 0 Å². The Morgan fingerprint density at radius 2 is 1.87 bits per heavy atom. The van der Waals surface area contributed by atoms with Crippen LogP contribution < -0.4 is 5.32 Å². The number of nitrogens with zero attached hydrogens (tertiary/aromatic N) is 2. The number of aromatic nitrogens is 2. The topological polar surface area (TPSA) is 67.2 Å². The Bertz CT molecular complexity index is 684. The van der Waals surface area contributed by atoms with Crippen LogP contribution in [0, 0.1) is 19.3 Å². The largest absolute Gasteiger partial charge is 0.391 e. The summed E-state index contributed by atoms with van der Waals surface area (Å²) in [4.78, 5) is 12.5. The van der Waals surface area contributed by atoms with Crippen molar-refractivity contribution in [1.29, 1.82) is 0 Å². The molecule has 1 atom stereocenters. The zero-order valence-electron chi connectivity index (χ0n) is 14.4. The molecular formula is C18H25N3O2. The highest BCUT2D eigenvalue weighted by Gasteiger charge is 2.24. The van der Waals surface area contributed by atoms with Crippen LogP contribution in [0.25, 0.3) is 5.69 Å². The van der Waals surface area contributed by atoms with Gasteiger partial charge in [-0.15, -0.1) is 0 Å². The number of carbonyl (C=O) groups is 1. The van der Waals surface area contributed by atoms with E-state index in [1.165, 1.54) is 0 Å². The second-order valence-electron chi connectivity index (χ2n) is 6.89. The Balaban J connectivity index is 2.21. The summed E-state index contributed by atoms with van der Waals surface area (Å²) in [6, 6.07) is 9.71. The Kier molecular flexibility index (Phi) is 4.90. The molecule has 0 fully saturated rings. The van der Waals surface area contributed by atoms with Gasteiger partial charge in [0.1, 0.15) is 0 Å². The quantitative estimate of drug-likeness (QED) is 0.911. The average molecular weight is 315 g/mol. The summed E-state index contributed by atoms with van der Waals surface area (Å²) in [7, 11) is 0. The molecule has 1 heterocycles. The molecule has 1 aromatic carbocycles. The van der Waals surface area contributed by atoms with Crippen molar-refractivity contribution in [3.63, 3.8) is 0 Å². The highest BCUT2D eigenvalue weighted by atomic mass is 16.3. The van der Waals surface area contributed by atoms with Crippen molar-refractivity contribution < 1.29 is 9.90 Å². The number of aliphatic hydroxyl groups excluding tert-OH is 1. The number of aliphatic hydroxyl groups is 1. The Morgan fingerprint density at radius 1 is 1.26 bits per heavy atom. The second-order valence-corrected chi connectivity index (χ2v) is 6.89. The number of rotatable bonds is 4. The average Bonchev–Trinajstić information content (AvgIpc) is 2.79. The maximum atomic E-state index is 12.5. The van der Waals surface area contributed by atoms with Gasteiger partial charge in [-0.05, 0) is 31.4 Å². The molecule has 0 aliphatic carbocycles. The number of amides is 1. The van der Waals surface area contributed by atoms with E-state index in [0.29, 0.717) is 11.3 Å². The third-order valence-electron chi connectivity index (χ3n) is 3.97. The highest BCUT2D eigenvalue weighted by molar-refractivity contribution is 5.96. The Morgan fingerprint density at radius 3 is 2.43 bits per heavy atom. The molecular weight excluding hydrogens is 290 g/mol. The molecule has 23 heavy (non-hydrogen) atoms. The third kappa shape index (κ3) is 3.79. The normalized spacial score (nSPS) is 13.0. The van der Waals surface area contributed by atoms with Crippen LogP contribution in [0.3, 0.4) is 0 Å². The first kappa shape index (κ1) is 17.2. The first-order valence-electron chi connectivity index (χ1n) is 7.79. The summed E-state index contributed by atoms with van der Waals surface area (Å²) < 4.78 is 1.77. The van der Waals surface area contributed by atoms with Crippen molar-refractivity contribution in [3.8, 4) is 5.69 Å². The number of aryl methyl sites for hydroxylation is 1. The minimum absolute atomic E-state index is 0.203. The molecule has 0 spiro atoms. The summed E-state index contributed by atoms with van der Waals surface area (Å²) >= 11 is 0. The van der Waals surface area contributed by atoms with Gasteiger partial charge in [-0.3, -0.25) is 4.79 Å². The van der Waals surface area contributed by atoms with Crippen LogP contribution in [-0.4, -0.2) is 33.4 Å². The van der Waals surface area contributed by atoms with E-state index in [2.05, 4.69) is 10.4 Å². The molecule has 0 aliphatic rings. The Labute approximate surface area is 137 Å². The molecule has 1 amide bonds. The number of hydrogen-bond acceptors (Lipinski definition) is 3. The van der Waals surface area contributed by atoms with E-state index < -0.39 is 6.10 Å². The van der Waals surface area contributed by atoms with Gasteiger partial charge in [0.05, 0.1) is 28.7 Å². The number of hydrogen-bond donors (Lipinski definition) is 2. The maximum absolute atomic E-state index is 12.5. The molecule has 124 valence electrons. The van der Waals surface area contributed by atoms with Crippen LogP contribution in [0.1, 0.15) is 42.5 Å². The molecule has 2 N–H and O–H groups in total. The second kappa shape index (κ2) is 6.54. The summed E-state index contributed by atoms with van der Waals surface area (Å²) in [6.07, 6.45) is -0.601. The van der Waals surface area contributed by atoms with E-state index in [4.69, 9.17) is 0 Å². The van der Waals surface area contributed by atoms with Gasteiger partial charge in [0.25, 0.3) is 5.91 Å². The summed E-state index contributed by atoms with van der Waals surface area (Å²) in [5, 5.41) is 17.3. The van der Waals surface area contributed by atoms with Crippen molar-refractivity contribution in [2.24, 2.45) is 5.41 Å². The molecule has 2 aromatic rings. The third-order valence-corrected chi connectivity index (χ3v) is 3.97. The number of nitrogens with one attached hydrogen (secondary N) is 1. The minimum atomic E-state index is -0.601. The highest BCUT2D eigenvalue weighted by Crippen LogP contribution is 2.20. The van der Waals surface area contributed by atoms with E-state index in [1.54, 1.807) is 4.68 Å². The monoisotopic (exact) mass is 315 g/mol. The van der Waals surface area contributed by atoms with Gasteiger partial charge < -0.3 is 10.4 Å². The standard InChI is InChI=1S/C18H25N3O2/c1-12-16(17(23)19-11-15(22)18(3,4)5)13(2)21(20-12)14-9-7-6-8-10-14/h6-10,15,22H,11H2,1-5H3,(H,19,23). The summed E-state index contributed by atoms with van der Waals surface area (Å²) in [5.41, 5.74) is 2.67. The van der Waals surface area contributed by atoms with Crippen molar-refractivity contribution >= 4 is 5.91 Å². The van der Waals surface area contributed by atoms with Crippen LogP contribution in [0.2, 0.25) is 0 Å². The number of para-hydroxylation sites is 1. The van der Waals surface area contributed by atoms with E-state index in [-0.39, 0.29) is 17.9 Å². The SMILES string of the molecule is Cc1nn(-c2ccccc2)c(C)c1C(=O)NCC(O)C(C)(C)C. The van der Waals surface area contributed by atoms with Crippen molar-refractivity contribution in [2.45, 2.75) is 40.7 Å². The Hall–Kier alpha value is -2.14. The van der Waals surface area contributed by atoms with Gasteiger partial charge >= 0.3 is 0 Å². The fourth-order valence-corrected chi connectivity index (χ4v) is 2.38. The summed E-state index contributed by atoms with van der Waals surface area (Å²) in [5.74, 6) is -0.203. The van der Waals surface area contributed by atoms with Gasteiger partial charge in [0.15, 0.2) is 0 Å². The number of benzene rings is 1. The maximum Gasteiger partial charge on any atom is 0.255 e. The van der Waals surface area contributed by atoms with E-state index >= 15 is 0 Å². The summed E-state index contributed by atoms with van der Waals surface area (Å²) in [6.45, 7) is 9.73.